The third-order valence-corrected chi connectivity index (χ3v) is 12.9. The molecule has 44 heavy (non-hydrogen) atoms. The molecular formula is C34H39IN2O6Si. The van der Waals surface area contributed by atoms with Crippen LogP contribution in [0.25, 0.3) is 0 Å². The van der Waals surface area contributed by atoms with E-state index in [2.05, 4.69) is 28.7 Å². The molecule has 1 saturated heterocycles. The average molecular weight is 727 g/mol. The second-order valence-electron chi connectivity index (χ2n) is 12.8. The monoisotopic (exact) mass is 726 g/mol. The lowest BCUT2D eigenvalue weighted by molar-refractivity contribution is -0.151. The van der Waals surface area contributed by atoms with E-state index in [0.717, 1.165) is 25.9 Å². The molecule has 232 valence electrons. The van der Waals surface area contributed by atoms with Gasteiger partial charge in [0.05, 0.1) is 44.5 Å². The molecule has 0 bridgehead atoms. The third kappa shape index (κ3) is 5.28. The summed E-state index contributed by atoms with van der Waals surface area (Å²) >= 11 is 2.27. The number of hydrogen-bond acceptors (Lipinski definition) is 6. The number of aliphatic hydroxyl groups is 1. The molecule has 1 fully saturated rings. The number of carbonyl (C=O) groups is 2. The van der Waals surface area contributed by atoms with Gasteiger partial charge in [0.1, 0.15) is 5.75 Å². The quantitative estimate of drug-likeness (QED) is 0.264. The maximum absolute atomic E-state index is 14.7. The smallest absolute Gasteiger partial charge is 0.264 e. The van der Waals surface area contributed by atoms with E-state index < -0.39 is 31.5 Å². The van der Waals surface area contributed by atoms with Gasteiger partial charge in [-0.25, -0.2) is 0 Å². The van der Waals surface area contributed by atoms with Gasteiger partial charge in [-0.15, -0.1) is 0 Å². The molecule has 6 rings (SSSR count). The van der Waals surface area contributed by atoms with Crippen LogP contribution >= 0.6 is 22.6 Å². The van der Waals surface area contributed by atoms with Crippen molar-refractivity contribution in [3.63, 3.8) is 0 Å². The van der Waals surface area contributed by atoms with Gasteiger partial charge in [-0.05, 0) is 89.1 Å². The number of methoxy groups -OCH3 is 1. The number of anilines is 1. The van der Waals surface area contributed by atoms with E-state index in [-0.39, 0.29) is 30.9 Å². The highest BCUT2D eigenvalue weighted by atomic mass is 127. The Hall–Kier alpha value is -2.77. The molecule has 3 aliphatic rings. The maximum atomic E-state index is 14.7. The summed E-state index contributed by atoms with van der Waals surface area (Å²) in [5.41, 5.74) is 2.88. The Labute approximate surface area is 273 Å². The molecule has 0 aliphatic carbocycles. The van der Waals surface area contributed by atoms with Crippen molar-refractivity contribution in [2.75, 3.05) is 18.6 Å². The van der Waals surface area contributed by atoms with Gasteiger partial charge in [0.2, 0.25) is 5.91 Å². The fourth-order valence-corrected chi connectivity index (χ4v) is 10.9. The van der Waals surface area contributed by atoms with Crippen LogP contribution in [0, 0.1) is 9.49 Å². The lowest BCUT2D eigenvalue weighted by atomic mass is 9.82. The van der Waals surface area contributed by atoms with Gasteiger partial charge in [-0.3, -0.25) is 9.59 Å². The molecule has 3 heterocycles. The number of aliphatic hydroxyl groups excluding tert-OH is 1. The van der Waals surface area contributed by atoms with Crippen LogP contribution in [0.2, 0.25) is 18.6 Å². The van der Waals surface area contributed by atoms with Crippen LogP contribution in [0.5, 0.6) is 5.75 Å². The molecule has 8 nitrogen and oxygen atoms in total. The zero-order valence-corrected chi connectivity index (χ0v) is 28.7. The van der Waals surface area contributed by atoms with Gasteiger partial charge in [-0.2, -0.15) is 0 Å². The van der Waals surface area contributed by atoms with Crippen molar-refractivity contribution >= 4 is 48.4 Å². The van der Waals surface area contributed by atoms with E-state index in [1.807, 2.05) is 80.7 Å². The molecule has 3 aromatic carbocycles. The first-order chi connectivity index (χ1) is 21.0. The number of carbonyl (C=O) groups excluding carboxylic acids is 2. The minimum atomic E-state index is -2.97. The second kappa shape index (κ2) is 11.9. The number of rotatable bonds is 7. The van der Waals surface area contributed by atoms with Crippen LogP contribution in [-0.4, -0.2) is 60.8 Å². The van der Waals surface area contributed by atoms with Gasteiger partial charge in [-0.1, -0.05) is 43.3 Å². The molecule has 0 unspecified atom stereocenters. The first-order valence-corrected chi connectivity index (χ1v) is 19.2. The van der Waals surface area contributed by atoms with Crippen LogP contribution in [0.1, 0.15) is 35.6 Å². The van der Waals surface area contributed by atoms with Crippen molar-refractivity contribution in [2.24, 2.45) is 5.92 Å². The minimum absolute atomic E-state index is 0.00980. The number of nitrogens with zero attached hydrogens (tertiary/aromatic N) is 2. The van der Waals surface area contributed by atoms with Crippen LogP contribution in [0.3, 0.4) is 0 Å². The Morgan fingerprint density at radius 3 is 2.55 bits per heavy atom. The van der Waals surface area contributed by atoms with Gasteiger partial charge in [0.15, 0.2) is 13.9 Å². The van der Waals surface area contributed by atoms with Gasteiger partial charge in [0, 0.05) is 27.1 Å². The summed E-state index contributed by atoms with van der Waals surface area (Å²) in [6, 6.07) is 21.3. The first-order valence-electron chi connectivity index (χ1n) is 15.1. The number of amides is 2. The summed E-state index contributed by atoms with van der Waals surface area (Å²) in [7, 11) is -1.37. The lowest BCUT2D eigenvalue weighted by Gasteiger charge is -2.37. The Morgan fingerprint density at radius 1 is 1.11 bits per heavy atom. The Kier molecular flexibility index (Phi) is 8.42. The Morgan fingerprint density at radius 2 is 1.86 bits per heavy atom. The molecule has 2 N–H and O–H groups in total. The fourth-order valence-electron chi connectivity index (χ4n) is 7.69. The number of ether oxygens (including phenoxy) is 2. The van der Waals surface area contributed by atoms with Crippen LogP contribution in [0.15, 0.2) is 66.7 Å². The van der Waals surface area contributed by atoms with Crippen LogP contribution in [0.4, 0.5) is 5.69 Å². The van der Waals surface area contributed by atoms with E-state index in [9.17, 15) is 19.5 Å². The van der Waals surface area contributed by atoms with E-state index >= 15 is 0 Å². The van der Waals surface area contributed by atoms with Crippen LogP contribution in [-0.2, 0) is 39.4 Å². The summed E-state index contributed by atoms with van der Waals surface area (Å²) in [5.74, 6) is -0.132. The molecule has 0 radical (unpaired) electrons. The maximum Gasteiger partial charge on any atom is 0.264 e. The predicted octanol–water partition coefficient (Wildman–Crippen LogP) is 4.98. The van der Waals surface area contributed by atoms with E-state index in [0.29, 0.717) is 30.8 Å². The van der Waals surface area contributed by atoms with E-state index in [1.54, 1.807) is 16.9 Å². The van der Waals surface area contributed by atoms with Crippen molar-refractivity contribution in [3.05, 3.63) is 92.6 Å². The highest BCUT2D eigenvalue weighted by Gasteiger charge is 2.66. The van der Waals surface area contributed by atoms with Crippen molar-refractivity contribution in [1.82, 2.24) is 4.90 Å². The molecule has 5 atom stereocenters. The van der Waals surface area contributed by atoms with Crippen molar-refractivity contribution in [3.8, 4) is 5.75 Å². The summed E-state index contributed by atoms with van der Waals surface area (Å²) in [6.07, 6.45) is -0.0932. The van der Waals surface area contributed by atoms with Gasteiger partial charge in [0.25, 0.3) is 5.91 Å². The number of benzene rings is 3. The molecule has 2 amide bonds. The first kappa shape index (κ1) is 31.2. The van der Waals surface area contributed by atoms with E-state index in [1.165, 1.54) is 0 Å². The Bertz CT molecular complexity index is 1590. The molecular weight excluding hydrogens is 687 g/mol. The zero-order chi connectivity index (χ0) is 31.4. The zero-order valence-electron chi connectivity index (χ0n) is 25.5. The highest BCUT2D eigenvalue weighted by Crippen LogP contribution is 2.60. The predicted molar refractivity (Wildman–Crippen MR) is 179 cm³/mol. The summed E-state index contributed by atoms with van der Waals surface area (Å²) < 4.78 is 13.6. The molecule has 10 heteroatoms. The highest BCUT2D eigenvalue weighted by molar-refractivity contribution is 14.1. The minimum Gasteiger partial charge on any atom is -0.497 e. The molecule has 0 aromatic heterocycles. The van der Waals surface area contributed by atoms with Crippen molar-refractivity contribution in [2.45, 2.75) is 69.2 Å². The van der Waals surface area contributed by atoms with Gasteiger partial charge < -0.3 is 29.2 Å². The third-order valence-electron chi connectivity index (χ3n) is 9.68. The van der Waals surface area contributed by atoms with Gasteiger partial charge >= 0.3 is 0 Å². The summed E-state index contributed by atoms with van der Waals surface area (Å²) in [6.45, 7) is 6.32. The van der Waals surface area contributed by atoms with Crippen LogP contribution < -0.4 is 9.64 Å². The molecule has 3 aliphatic heterocycles. The fraction of sp³-hybridized carbons (Fsp3) is 0.412. The van der Waals surface area contributed by atoms with E-state index in [4.69, 9.17) is 9.47 Å². The lowest BCUT2D eigenvalue weighted by Crippen LogP contribution is -2.48. The topological polar surface area (TPSA) is 99.5 Å². The normalized spacial score (nSPS) is 26.2. The Balaban J connectivity index is 1.37. The van der Waals surface area contributed by atoms with Crippen molar-refractivity contribution in [1.29, 1.82) is 0 Å². The number of hydrogen-bond donors (Lipinski definition) is 2. The standard InChI is InChI=1S/C34H39IN2O6Si/c1-21-32(44(3,4)41)30(17-31(39)36-19-24-10-6-5-9-23(24)15-26(36)20-38)43-34(21)28-16-27(42-2)12-13-29(28)37(33(34)40)18-22-8-7-11-25(35)14-22/h5-14,16,21,26,30,32,38,41H,15,17-20H2,1-4H3/t21-,26+,30+,32-,34+/m1/s1. The summed E-state index contributed by atoms with van der Waals surface area (Å²) in [4.78, 5) is 43.9. The average Bonchev–Trinajstić information content (AvgIpc) is 3.42. The molecule has 0 saturated carbocycles. The SMILES string of the molecule is COc1ccc2c(c1)[C@]1(O[C@@H](CC(=O)N3Cc4ccccc4C[C@H]3CO)[C@H]([Si](C)(C)O)[C@H]1C)C(=O)N2Cc1cccc(I)c1. The number of fused-ring (bicyclic) bond motifs is 3. The second-order valence-corrected chi connectivity index (χ2v) is 18.0. The van der Waals surface area contributed by atoms with Crippen molar-refractivity contribution < 1.29 is 29.0 Å². The largest absolute Gasteiger partial charge is 0.497 e. The molecule has 3 aromatic rings. The summed E-state index contributed by atoms with van der Waals surface area (Å²) in [5, 5.41) is 10.2. The molecule has 1 spiro atoms. The number of halogens is 1.